The predicted octanol–water partition coefficient (Wildman–Crippen LogP) is 5.03. The number of rotatable bonds is 23. The molecule has 0 bridgehead atoms. The van der Waals surface area contributed by atoms with E-state index in [1.807, 2.05) is 51.1 Å². The molecule has 6 atom stereocenters. The number of carbonyl (C=O) groups is 8. The lowest BCUT2D eigenvalue weighted by atomic mass is 9.80. The van der Waals surface area contributed by atoms with Crippen molar-refractivity contribution in [2.45, 2.75) is 180 Å². The van der Waals surface area contributed by atoms with Crippen LogP contribution < -0.4 is 16.0 Å². The molecule has 67 heavy (non-hydrogen) atoms. The minimum atomic E-state index is -1.13. The van der Waals surface area contributed by atoms with E-state index in [4.69, 9.17) is 9.47 Å². The number of carbonyl (C=O) groups excluding carboxylic acids is 7. The van der Waals surface area contributed by atoms with E-state index < -0.39 is 36.0 Å². The van der Waals surface area contributed by atoms with Crippen molar-refractivity contribution >= 4 is 47.8 Å². The maximum Gasteiger partial charge on any atom is 0.326 e. The first-order valence-electron chi connectivity index (χ1n) is 24.3. The van der Waals surface area contributed by atoms with Crippen molar-refractivity contribution < 1.29 is 52.9 Å². The van der Waals surface area contributed by atoms with E-state index in [1.165, 1.54) is 18.4 Å². The number of nitrogens with one attached hydrogen (secondary N) is 3. The van der Waals surface area contributed by atoms with Crippen LogP contribution >= 0.6 is 0 Å². The molecule has 378 valence electrons. The molecule has 1 aliphatic carbocycles. The Morgan fingerprint density at radius 1 is 0.910 bits per heavy atom. The number of imide groups is 1. The van der Waals surface area contributed by atoms with Crippen molar-refractivity contribution in [1.29, 1.82) is 0 Å². The number of likely N-dealkylation sites (N-methyl/N-ethyl adjacent to an activating group) is 1. The fourth-order valence-corrected chi connectivity index (χ4v) is 9.12. The number of nitrogens with zero attached hydrogens (tertiary/aromatic N) is 3. The molecule has 4 N–H and O–H groups in total. The summed E-state index contributed by atoms with van der Waals surface area (Å²) in [5.41, 5.74) is 0.603. The zero-order chi connectivity index (χ0) is 50.1. The Labute approximate surface area is 399 Å². The number of benzene rings is 1. The van der Waals surface area contributed by atoms with Crippen LogP contribution in [0.1, 0.15) is 143 Å². The molecule has 3 aliphatic rings. The van der Waals surface area contributed by atoms with E-state index in [0.29, 0.717) is 45.2 Å². The van der Waals surface area contributed by atoms with Gasteiger partial charge < -0.3 is 40.3 Å². The number of aliphatic carboxylic acids is 1. The Kier molecular flexibility index (Phi) is 26.5. The van der Waals surface area contributed by atoms with Gasteiger partial charge in [0.1, 0.15) is 6.04 Å². The number of unbranched alkanes of at least 4 members (excludes halogenated alkanes) is 2. The zero-order valence-electron chi connectivity index (χ0n) is 41.8. The first-order valence-corrected chi connectivity index (χ1v) is 24.3. The number of methoxy groups -OCH3 is 2. The highest BCUT2D eigenvalue weighted by atomic mass is 16.5. The molecule has 17 nitrogen and oxygen atoms in total. The Bertz CT molecular complexity index is 1700. The molecular weight excluding hydrogens is 861 g/mol. The third kappa shape index (κ3) is 20.1. The Hall–Kier alpha value is -4.90. The fraction of sp³-hybridized carbons (Fsp3) is 0.720. The number of amides is 7. The molecule has 0 radical (unpaired) electrons. The van der Waals surface area contributed by atoms with E-state index in [1.54, 1.807) is 30.9 Å². The number of ether oxygens (including phenoxy) is 2. The van der Waals surface area contributed by atoms with E-state index in [-0.39, 0.29) is 72.5 Å². The maximum absolute atomic E-state index is 13.9. The minimum absolute atomic E-state index is 0.0437. The number of likely N-dealkylation sites (tertiary alicyclic amines) is 2. The summed E-state index contributed by atoms with van der Waals surface area (Å²) < 4.78 is 11.7. The van der Waals surface area contributed by atoms with Gasteiger partial charge in [-0.2, -0.15) is 0 Å². The van der Waals surface area contributed by atoms with Crippen LogP contribution in [0.4, 0.5) is 0 Å². The fourth-order valence-electron chi connectivity index (χ4n) is 9.12. The second-order valence-electron chi connectivity index (χ2n) is 19.0. The second kappa shape index (κ2) is 30.5. The summed E-state index contributed by atoms with van der Waals surface area (Å²) in [6.07, 6.45) is 10.7. The summed E-state index contributed by atoms with van der Waals surface area (Å²) >= 11 is 0. The van der Waals surface area contributed by atoms with Crippen molar-refractivity contribution in [3.63, 3.8) is 0 Å². The highest BCUT2D eigenvalue weighted by Gasteiger charge is 2.43. The van der Waals surface area contributed by atoms with Gasteiger partial charge in [-0.25, -0.2) is 4.79 Å². The van der Waals surface area contributed by atoms with E-state index >= 15 is 0 Å². The van der Waals surface area contributed by atoms with Crippen LogP contribution in [0.3, 0.4) is 0 Å². The number of carboxylic acids is 1. The van der Waals surface area contributed by atoms with Gasteiger partial charge in [-0.15, -0.1) is 0 Å². The number of hydrogen-bond acceptors (Lipinski definition) is 10. The highest BCUT2D eigenvalue weighted by Crippen LogP contribution is 2.34. The minimum Gasteiger partial charge on any atom is -0.480 e. The van der Waals surface area contributed by atoms with E-state index in [9.17, 15) is 43.5 Å². The van der Waals surface area contributed by atoms with Crippen molar-refractivity contribution in [3.05, 3.63) is 35.9 Å². The molecule has 4 rings (SSSR count). The van der Waals surface area contributed by atoms with Crippen LogP contribution in [0.15, 0.2) is 30.3 Å². The third-order valence-corrected chi connectivity index (χ3v) is 12.4. The molecule has 0 aromatic heterocycles. The average molecular weight is 943 g/mol. The monoisotopic (exact) mass is 943 g/mol. The smallest absolute Gasteiger partial charge is 0.326 e. The zero-order valence-corrected chi connectivity index (χ0v) is 41.8. The molecule has 6 unspecified atom stereocenters. The molecule has 1 aromatic rings. The van der Waals surface area contributed by atoms with Crippen molar-refractivity contribution in [3.8, 4) is 0 Å². The number of hydrogen-bond donors (Lipinski definition) is 4. The summed E-state index contributed by atoms with van der Waals surface area (Å²) in [5.74, 6) is -2.63. The van der Waals surface area contributed by atoms with Gasteiger partial charge in [-0.3, -0.25) is 38.5 Å². The maximum atomic E-state index is 13.9. The average Bonchev–Trinajstić information content (AvgIpc) is 3.91. The Morgan fingerprint density at radius 3 is 2.09 bits per heavy atom. The van der Waals surface area contributed by atoms with Crippen LogP contribution in [0.25, 0.3) is 0 Å². The molecular formula is C50H82N6O11. The summed E-state index contributed by atoms with van der Waals surface area (Å²) in [6.45, 7) is 12.7. The first kappa shape index (κ1) is 58.2. The van der Waals surface area contributed by atoms with Gasteiger partial charge in [0.15, 0.2) is 0 Å². The molecule has 2 saturated heterocycles. The quantitative estimate of drug-likeness (QED) is 0.0648. The number of carboxylic acid groups (broad SMARTS) is 1. The lowest BCUT2D eigenvalue weighted by molar-refractivity contribution is -0.147. The van der Waals surface area contributed by atoms with Gasteiger partial charge in [0.2, 0.25) is 41.9 Å². The molecule has 1 aromatic carbocycles. The summed E-state index contributed by atoms with van der Waals surface area (Å²) in [4.78, 5) is 102. The van der Waals surface area contributed by atoms with Crippen molar-refractivity contribution in [1.82, 2.24) is 30.7 Å². The highest BCUT2D eigenvalue weighted by molar-refractivity contribution is 6.01. The van der Waals surface area contributed by atoms with Crippen LogP contribution in [-0.4, -0.2) is 144 Å². The van der Waals surface area contributed by atoms with E-state index in [0.717, 1.165) is 63.4 Å². The third-order valence-electron chi connectivity index (χ3n) is 12.4. The largest absolute Gasteiger partial charge is 0.480 e. The molecule has 3 fully saturated rings. The van der Waals surface area contributed by atoms with Crippen LogP contribution in [0.5, 0.6) is 0 Å². The molecule has 17 heteroatoms. The Balaban J connectivity index is 0.000000581. The van der Waals surface area contributed by atoms with Crippen molar-refractivity contribution in [2.75, 3.05) is 40.9 Å². The van der Waals surface area contributed by atoms with Crippen LogP contribution in [0, 0.1) is 11.8 Å². The van der Waals surface area contributed by atoms with Crippen LogP contribution in [0.2, 0.25) is 0 Å². The normalized spacial score (nSPS) is 18.5. The first-order chi connectivity index (χ1) is 31.8. The Morgan fingerprint density at radius 2 is 1.54 bits per heavy atom. The van der Waals surface area contributed by atoms with Gasteiger partial charge in [0, 0.05) is 65.6 Å². The summed E-state index contributed by atoms with van der Waals surface area (Å²) in [7, 11) is 4.75. The topological polar surface area (TPSA) is 221 Å². The molecule has 2 aliphatic heterocycles. The van der Waals surface area contributed by atoms with Crippen LogP contribution in [-0.2, 0) is 54.3 Å². The molecule has 0 spiro atoms. The molecule has 7 amide bonds. The van der Waals surface area contributed by atoms with E-state index in [2.05, 4.69) is 29.8 Å². The van der Waals surface area contributed by atoms with Gasteiger partial charge >= 0.3 is 5.97 Å². The van der Waals surface area contributed by atoms with Gasteiger partial charge in [0.05, 0.1) is 43.2 Å². The van der Waals surface area contributed by atoms with Gasteiger partial charge in [-0.05, 0) is 70.8 Å². The molecule has 1 saturated carbocycles. The van der Waals surface area contributed by atoms with Crippen molar-refractivity contribution in [2.24, 2.45) is 11.8 Å². The lowest BCUT2D eigenvalue weighted by Crippen LogP contribution is -2.55. The predicted molar refractivity (Wildman–Crippen MR) is 255 cm³/mol. The molecule has 2 heterocycles. The SMILES string of the molecule is CC(C)(C)NC(=O)CCCCCN1C(=O)CCC1=O.CCC.COC(CC(=O)N1CCCC1C(OC)C(C)C(=O)NC(Cc1ccccc1)C(=O)O)C(C1CCCCC1)N(C)C(=O)CNC=O. The standard InChI is InChI=1S/C33H50N4O8.C14H24N2O3.C3H8/c1-22(32(41)35-25(33(42)43)18-23-12-7-5-8-13-23)31(45-4)26-16-11-17-37(26)28(39)19-27(44-3)30(24-14-9-6-10-15-24)36(2)29(40)20-34-21-38;1-14(2,3)15-11(17)7-5-4-6-10-16-12(18)8-9-13(16)19;1-3-2/h5,7-8,12-13,21-22,24-27,30-31H,6,9-11,14-20H2,1-4H3,(H,34,38)(H,35,41)(H,42,43);4-10H2,1-3H3,(H,15,17);3H2,1-2H3. The summed E-state index contributed by atoms with van der Waals surface area (Å²) in [5, 5.41) is 17.8. The summed E-state index contributed by atoms with van der Waals surface area (Å²) in [6, 6.07) is 7.26. The second-order valence-corrected chi connectivity index (χ2v) is 19.0. The van der Waals surface area contributed by atoms with Gasteiger partial charge in [0.25, 0.3) is 0 Å². The lowest BCUT2D eigenvalue weighted by Gasteiger charge is -2.41. The van der Waals surface area contributed by atoms with Gasteiger partial charge in [-0.1, -0.05) is 83.2 Å².